The highest BCUT2D eigenvalue weighted by Crippen LogP contribution is 2.34. The smallest absolute Gasteiger partial charge is 0.417 e. The van der Waals surface area contributed by atoms with Crippen molar-refractivity contribution in [1.82, 2.24) is 0 Å². The molecule has 2 N–H and O–H groups in total. The Morgan fingerprint density at radius 3 is 2.41 bits per heavy atom. The number of halogens is 4. The minimum absolute atomic E-state index is 0.276. The second-order valence-corrected chi connectivity index (χ2v) is 3.35. The van der Waals surface area contributed by atoms with Gasteiger partial charge in [0, 0.05) is 17.5 Å². The Kier molecular flexibility index (Phi) is 2.34. The summed E-state index contributed by atoms with van der Waals surface area (Å²) >= 11 is 0. The van der Waals surface area contributed by atoms with E-state index in [0.717, 1.165) is 6.07 Å². The van der Waals surface area contributed by atoms with E-state index in [1.165, 1.54) is 0 Å². The van der Waals surface area contributed by atoms with Gasteiger partial charge in [0.25, 0.3) is 0 Å². The first-order chi connectivity index (χ1) is 7.79. The zero-order chi connectivity index (χ0) is 12.8. The van der Waals surface area contributed by atoms with Gasteiger partial charge < -0.3 is 10.2 Å². The Hall–Kier alpha value is -2.05. The van der Waals surface area contributed by atoms with Crippen LogP contribution in [0.15, 0.2) is 27.4 Å². The van der Waals surface area contributed by atoms with Crippen molar-refractivity contribution in [3.05, 3.63) is 40.0 Å². The number of nitrogen functional groups attached to an aromatic ring is 1. The summed E-state index contributed by atoms with van der Waals surface area (Å²) in [6.07, 6.45) is -4.77. The number of fused-ring (bicyclic) bond motifs is 1. The summed E-state index contributed by atoms with van der Waals surface area (Å²) in [5.74, 6) is -1.00. The molecule has 17 heavy (non-hydrogen) atoms. The van der Waals surface area contributed by atoms with E-state index in [9.17, 15) is 22.4 Å². The number of benzene rings is 1. The Labute approximate surface area is 91.4 Å². The van der Waals surface area contributed by atoms with Gasteiger partial charge in [0.05, 0.1) is 11.3 Å². The maximum absolute atomic E-state index is 13.1. The van der Waals surface area contributed by atoms with E-state index < -0.39 is 34.2 Å². The maximum atomic E-state index is 13.1. The van der Waals surface area contributed by atoms with Gasteiger partial charge in [-0.2, -0.15) is 13.2 Å². The number of alkyl halides is 3. The molecule has 0 bridgehead atoms. The monoisotopic (exact) mass is 247 g/mol. The first-order valence-corrected chi connectivity index (χ1v) is 4.39. The van der Waals surface area contributed by atoms with Gasteiger partial charge in [0.15, 0.2) is 0 Å². The average Bonchev–Trinajstić information content (AvgIpc) is 2.18. The van der Waals surface area contributed by atoms with Gasteiger partial charge in [-0.1, -0.05) is 0 Å². The normalized spacial score (nSPS) is 12.0. The lowest BCUT2D eigenvalue weighted by Crippen LogP contribution is -2.11. The van der Waals surface area contributed by atoms with E-state index in [4.69, 9.17) is 5.73 Å². The first-order valence-electron chi connectivity index (χ1n) is 4.39. The van der Waals surface area contributed by atoms with Crippen LogP contribution in [0, 0.1) is 5.82 Å². The standard InChI is InChI=1S/C10H5F4NO2/c11-6-1-4-5(10(12,13)14)2-9(16)17-8(4)3-7(6)15/h1-3H,15H2. The molecule has 90 valence electrons. The Balaban J connectivity index is 2.93. The van der Waals surface area contributed by atoms with Gasteiger partial charge in [0.2, 0.25) is 0 Å². The average molecular weight is 247 g/mol. The maximum Gasteiger partial charge on any atom is 0.417 e. The fourth-order valence-electron chi connectivity index (χ4n) is 1.43. The molecule has 2 rings (SSSR count). The molecule has 2 aromatic rings. The topological polar surface area (TPSA) is 56.2 Å². The van der Waals surface area contributed by atoms with Crippen LogP contribution in [0.5, 0.6) is 0 Å². The molecule has 0 atom stereocenters. The lowest BCUT2D eigenvalue weighted by molar-refractivity contribution is -0.136. The summed E-state index contributed by atoms with van der Waals surface area (Å²) in [4.78, 5) is 10.9. The van der Waals surface area contributed by atoms with Gasteiger partial charge in [0.1, 0.15) is 11.4 Å². The van der Waals surface area contributed by atoms with Crippen molar-refractivity contribution in [2.75, 3.05) is 5.73 Å². The number of nitrogens with two attached hydrogens (primary N) is 1. The fraction of sp³-hybridized carbons (Fsp3) is 0.100. The summed E-state index contributed by atoms with van der Waals surface area (Å²) in [6, 6.07) is 1.72. The fourth-order valence-corrected chi connectivity index (χ4v) is 1.43. The van der Waals surface area contributed by atoms with E-state index >= 15 is 0 Å². The Morgan fingerprint density at radius 1 is 1.18 bits per heavy atom. The summed E-state index contributed by atoms with van der Waals surface area (Å²) < 4.78 is 55.4. The molecule has 1 aromatic heterocycles. The quantitative estimate of drug-likeness (QED) is 0.442. The number of hydrogen-bond donors (Lipinski definition) is 1. The van der Waals surface area contributed by atoms with Crippen molar-refractivity contribution in [1.29, 1.82) is 0 Å². The number of hydrogen-bond acceptors (Lipinski definition) is 3. The highest BCUT2D eigenvalue weighted by molar-refractivity contribution is 5.83. The SMILES string of the molecule is Nc1cc2oc(=O)cc(C(F)(F)F)c2cc1F. The largest absolute Gasteiger partial charge is 0.423 e. The van der Waals surface area contributed by atoms with E-state index in [2.05, 4.69) is 4.42 Å². The molecule has 7 heteroatoms. The summed E-state index contributed by atoms with van der Waals surface area (Å²) in [5.41, 5.74) is 1.97. The van der Waals surface area contributed by atoms with Crippen molar-refractivity contribution < 1.29 is 22.0 Å². The molecule has 1 aromatic carbocycles. The molecule has 0 fully saturated rings. The van der Waals surface area contributed by atoms with Crippen LogP contribution >= 0.6 is 0 Å². The second-order valence-electron chi connectivity index (χ2n) is 3.35. The van der Waals surface area contributed by atoms with Gasteiger partial charge >= 0.3 is 11.8 Å². The third-order valence-corrected chi connectivity index (χ3v) is 2.17. The van der Waals surface area contributed by atoms with Crippen LogP contribution in [0.25, 0.3) is 11.0 Å². The molecule has 0 aliphatic carbocycles. The Bertz CT molecular complexity index is 645. The van der Waals surface area contributed by atoms with Gasteiger partial charge in [-0.3, -0.25) is 0 Å². The molecule has 3 nitrogen and oxygen atoms in total. The highest BCUT2D eigenvalue weighted by Gasteiger charge is 2.34. The highest BCUT2D eigenvalue weighted by atomic mass is 19.4. The molecule has 1 heterocycles. The molecule has 0 unspecified atom stereocenters. The minimum Gasteiger partial charge on any atom is -0.423 e. The number of rotatable bonds is 0. The third-order valence-electron chi connectivity index (χ3n) is 2.17. The zero-order valence-electron chi connectivity index (χ0n) is 8.14. The van der Waals surface area contributed by atoms with Crippen molar-refractivity contribution in [3.63, 3.8) is 0 Å². The van der Waals surface area contributed by atoms with Crippen molar-refractivity contribution >= 4 is 16.7 Å². The lowest BCUT2D eigenvalue weighted by atomic mass is 10.1. The Morgan fingerprint density at radius 2 is 1.82 bits per heavy atom. The van der Waals surface area contributed by atoms with E-state index in [-0.39, 0.29) is 11.8 Å². The molecular formula is C10H5F4NO2. The third kappa shape index (κ3) is 1.95. The van der Waals surface area contributed by atoms with Crippen LogP contribution < -0.4 is 11.4 Å². The zero-order valence-corrected chi connectivity index (χ0v) is 8.14. The number of anilines is 1. The van der Waals surface area contributed by atoms with E-state index in [1.807, 2.05) is 0 Å². The predicted octanol–water partition coefficient (Wildman–Crippen LogP) is 2.53. The second kappa shape index (κ2) is 3.47. The molecule has 0 saturated heterocycles. The summed E-state index contributed by atoms with van der Waals surface area (Å²) in [5, 5.41) is -0.538. The van der Waals surface area contributed by atoms with Crippen LogP contribution in [0.1, 0.15) is 5.56 Å². The summed E-state index contributed by atoms with van der Waals surface area (Å²) in [6.45, 7) is 0. The van der Waals surface area contributed by atoms with E-state index in [1.54, 1.807) is 0 Å². The van der Waals surface area contributed by atoms with Crippen molar-refractivity contribution in [3.8, 4) is 0 Å². The van der Waals surface area contributed by atoms with Gasteiger partial charge in [-0.05, 0) is 6.07 Å². The molecule has 0 amide bonds. The minimum atomic E-state index is -4.77. The van der Waals surface area contributed by atoms with Crippen LogP contribution in [0.2, 0.25) is 0 Å². The molecule has 0 saturated carbocycles. The van der Waals surface area contributed by atoms with Crippen LogP contribution in [-0.2, 0) is 6.18 Å². The predicted molar refractivity (Wildman–Crippen MR) is 51.9 cm³/mol. The van der Waals surface area contributed by atoms with Crippen LogP contribution in [0.4, 0.5) is 23.2 Å². The molecular weight excluding hydrogens is 242 g/mol. The molecule has 0 aliphatic heterocycles. The molecule has 0 spiro atoms. The molecule has 0 radical (unpaired) electrons. The first kappa shape index (κ1) is 11.4. The van der Waals surface area contributed by atoms with Gasteiger partial charge in [-0.15, -0.1) is 0 Å². The lowest BCUT2D eigenvalue weighted by Gasteiger charge is -2.09. The van der Waals surface area contributed by atoms with Crippen molar-refractivity contribution in [2.24, 2.45) is 0 Å². The van der Waals surface area contributed by atoms with Crippen LogP contribution in [0.3, 0.4) is 0 Å². The molecule has 0 aliphatic rings. The van der Waals surface area contributed by atoms with Crippen LogP contribution in [-0.4, -0.2) is 0 Å². The summed E-state index contributed by atoms with van der Waals surface area (Å²) in [7, 11) is 0. The van der Waals surface area contributed by atoms with Gasteiger partial charge in [-0.25, -0.2) is 9.18 Å². The van der Waals surface area contributed by atoms with E-state index in [0.29, 0.717) is 6.07 Å². The van der Waals surface area contributed by atoms with Crippen molar-refractivity contribution in [2.45, 2.75) is 6.18 Å².